The molecule has 0 unspecified atom stereocenters. The van der Waals surface area contributed by atoms with Gasteiger partial charge in [-0.25, -0.2) is 0 Å². The molecule has 0 aromatic rings. The van der Waals surface area contributed by atoms with E-state index >= 15 is 0 Å². The quantitative estimate of drug-likeness (QED) is 0.477. The second-order valence-electron chi connectivity index (χ2n) is 1.87. The molecule has 0 bridgehead atoms. The Bertz CT molecular complexity index is 127. The van der Waals surface area contributed by atoms with Crippen molar-refractivity contribution in [1.29, 1.82) is 0 Å². The van der Waals surface area contributed by atoms with E-state index in [2.05, 4.69) is 13.2 Å². The summed E-state index contributed by atoms with van der Waals surface area (Å²) >= 11 is 0. The van der Waals surface area contributed by atoms with Crippen LogP contribution in [-0.4, -0.2) is 0 Å². The fourth-order valence-electron chi connectivity index (χ4n) is 0.319. The Kier molecular flexibility index (Phi) is 2.93. The molecule has 0 aliphatic heterocycles. The van der Waals surface area contributed by atoms with E-state index in [1.54, 1.807) is 6.08 Å². The van der Waals surface area contributed by atoms with Gasteiger partial charge >= 0.3 is 0 Å². The van der Waals surface area contributed by atoms with Gasteiger partial charge in [-0.1, -0.05) is 30.9 Å². The van der Waals surface area contributed by atoms with Crippen molar-refractivity contribution in [1.82, 2.24) is 0 Å². The van der Waals surface area contributed by atoms with Gasteiger partial charge in [-0.3, -0.25) is 0 Å². The van der Waals surface area contributed by atoms with E-state index in [0.29, 0.717) is 0 Å². The fraction of sp³-hybridized carbons (Fsp3) is 0.250. The minimum atomic E-state index is 1.10. The van der Waals surface area contributed by atoms with E-state index in [1.807, 2.05) is 19.9 Å². The van der Waals surface area contributed by atoms with Crippen molar-refractivity contribution in [3.8, 4) is 0 Å². The lowest BCUT2D eigenvalue weighted by Gasteiger charge is -1.92. The largest absolute Gasteiger partial charge is 0.0991 e. The second kappa shape index (κ2) is 3.25. The van der Waals surface area contributed by atoms with Crippen LogP contribution in [0.25, 0.3) is 0 Å². The Morgan fingerprint density at radius 1 is 1.38 bits per heavy atom. The van der Waals surface area contributed by atoms with Crippen molar-refractivity contribution in [3.63, 3.8) is 0 Å². The lowest BCUT2D eigenvalue weighted by atomic mass is 10.1. The van der Waals surface area contributed by atoms with Crippen molar-refractivity contribution in [3.05, 3.63) is 36.5 Å². The molecular formula is C8H12. The van der Waals surface area contributed by atoms with E-state index in [4.69, 9.17) is 0 Å². The maximum Gasteiger partial charge on any atom is -0.0395 e. The molecule has 0 heterocycles. The molecule has 0 saturated heterocycles. The standard InChI is InChI=1S/C8H12/c1-5-6-8(4)7(2)3/h5-6H,1-2H2,3-4H3/b8-6-. The number of allylic oxidation sites excluding steroid dienone is 4. The van der Waals surface area contributed by atoms with E-state index in [1.165, 1.54) is 5.57 Å². The first-order valence-corrected chi connectivity index (χ1v) is 2.63. The molecule has 0 radical (unpaired) electrons. The van der Waals surface area contributed by atoms with Crippen molar-refractivity contribution < 1.29 is 0 Å². The van der Waals surface area contributed by atoms with Gasteiger partial charge in [0.25, 0.3) is 0 Å². The van der Waals surface area contributed by atoms with Gasteiger partial charge in [-0.15, -0.1) is 0 Å². The van der Waals surface area contributed by atoms with Crippen molar-refractivity contribution in [2.45, 2.75) is 13.8 Å². The van der Waals surface area contributed by atoms with Gasteiger partial charge in [0.2, 0.25) is 0 Å². The Balaban J connectivity index is 3.99. The molecular weight excluding hydrogens is 96.1 g/mol. The first-order valence-electron chi connectivity index (χ1n) is 2.63. The summed E-state index contributed by atoms with van der Waals surface area (Å²) in [6.45, 7) is 11.3. The summed E-state index contributed by atoms with van der Waals surface area (Å²) in [4.78, 5) is 0. The van der Waals surface area contributed by atoms with Crippen LogP contribution >= 0.6 is 0 Å². The molecule has 0 aromatic carbocycles. The van der Waals surface area contributed by atoms with Crippen molar-refractivity contribution in [2.75, 3.05) is 0 Å². The Labute approximate surface area is 51.2 Å². The van der Waals surface area contributed by atoms with Crippen molar-refractivity contribution >= 4 is 0 Å². The third kappa shape index (κ3) is 2.40. The summed E-state index contributed by atoms with van der Waals surface area (Å²) in [5.41, 5.74) is 2.30. The zero-order chi connectivity index (χ0) is 6.57. The fourth-order valence-corrected chi connectivity index (χ4v) is 0.319. The van der Waals surface area contributed by atoms with Gasteiger partial charge in [0.05, 0.1) is 0 Å². The molecule has 0 rings (SSSR count). The highest BCUT2D eigenvalue weighted by Gasteiger charge is 1.82. The van der Waals surface area contributed by atoms with Crippen LogP contribution in [0.15, 0.2) is 36.5 Å². The maximum absolute atomic E-state index is 3.76. The van der Waals surface area contributed by atoms with Crippen LogP contribution < -0.4 is 0 Å². The third-order valence-corrected chi connectivity index (χ3v) is 1.04. The monoisotopic (exact) mass is 108 g/mol. The molecule has 0 heteroatoms. The molecule has 0 aliphatic rings. The summed E-state index contributed by atoms with van der Waals surface area (Å²) in [7, 11) is 0. The molecule has 8 heavy (non-hydrogen) atoms. The van der Waals surface area contributed by atoms with Gasteiger partial charge < -0.3 is 0 Å². The SMILES string of the molecule is C=C/C=C(/C)C(=C)C. The minimum absolute atomic E-state index is 1.10. The summed E-state index contributed by atoms with van der Waals surface area (Å²) < 4.78 is 0. The highest BCUT2D eigenvalue weighted by molar-refractivity contribution is 5.26. The van der Waals surface area contributed by atoms with E-state index < -0.39 is 0 Å². The van der Waals surface area contributed by atoms with Crippen LogP contribution in [0.3, 0.4) is 0 Å². The minimum Gasteiger partial charge on any atom is -0.0991 e. The van der Waals surface area contributed by atoms with Crippen LogP contribution in [0.2, 0.25) is 0 Å². The molecule has 0 saturated carbocycles. The Morgan fingerprint density at radius 2 is 1.88 bits per heavy atom. The molecule has 0 aliphatic carbocycles. The molecule has 0 nitrogen and oxygen atoms in total. The highest BCUT2D eigenvalue weighted by atomic mass is 13.9. The molecule has 0 amide bonds. The molecule has 44 valence electrons. The number of hydrogen-bond acceptors (Lipinski definition) is 0. The van der Waals surface area contributed by atoms with E-state index in [0.717, 1.165) is 5.57 Å². The second-order valence-corrected chi connectivity index (χ2v) is 1.87. The Hall–Kier alpha value is -0.780. The smallest absolute Gasteiger partial charge is 0.0395 e. The van der Waals surface area contributed by atoms with Crippen LogP contribution in [0.1, 0.15) is 13.8 Å². The molecule has 0 atom stereocenters. The average molecular weight is 108 g/mol. The predicted molar refractivity (Wildman–Crippen MR) is 38.8 cm³/mol. The predicted octanol–water partition coefficient (Wildman–Crippen LogP) is 2.69. The van der Waals surface area contributed by atoms with Crippen LogP contribution in [0.5, 0.6) is 0 Å². The molecule has 0 spiro atoms. The van der Waals surface area contributed by atoms with Gasteiger partial charge in [-0.2, -0.15) is 0 Å². The molecule has 0 N–H and O–H groups in total. The first-order chi connectivity index (χ1) is 3.68. The van der Waals surface area contributed by atoms with Gasteiger partial charge in [0.15, 0.2) is 0 Å². The zero-order valence-corrected chi connectivity index (χ0v) is 5.57. The zero-order valence-electron chi connectivity index (χ0n) is 5.57. The Morgan fingerprint density at radius 3 is 2.00 bits per heavy atom. The summed E-state index contributed by atoms with van der Waals surface area (Å²) in [6.07, 6.45) is 3.71. The normalized spacial score (nSPS) is 11.0. The van der Waals surface area contributed by atoms with Crippen LogP contribution in [0.4, 0.5) is 0 Å². The lowest BCUT2D eigenvalue weighted by Crippen LogP contribution is -1.72. The van der Waals surface area contributed by atoms with E-state index in [-0.39, 0.29) is 0 Å². The molecule has 0 fully saturated rings. The topological polar surface area (TPSA) is 0 Å². The third-order valence-electron chi connectivity index (χ3n) is 1.04. The summed E-state index contributed by atoms with van der Waals surface area (Å²) in [6, 6.07) is 0. The summed E-state index contributed by atoms with van der Waals surface area (Å²) in [5, 5.41) is 0. The number of rotatable bonds is 2. The average Bonchev–Trinajstić information content (AvgIpc) is 1.67. The van der Waals surface area contributed by atoms with E-state index in [9.17, 15) is 0 Å². The van der Waals surface area contributed by atoms with Crippen LogP contribution in [0, 0.1) is 0 Å². The lowest BCUT2D eigenvalue weighted by molar-refractivity contribution is 1.37. The molecule has 0 aromatic heterocycles. The maximum atomic E-state index is 3.76. The highest BCUT2D eigenvalue weighted by Crippen LogP contribution is 2.03. The summed E-state index contributed by atoms with van der Waals surface area (Å²) in [5.74, 6) is 0. The van der Waals surface area contributed by atoms with Gasteiger partial charge in [0.1, 0.15) is 0 Å². The van der Waals surface area contributed by atoms with Gasteiger partial charge in [-0.05, 0) is 19.4 Å². The van der Waals surface area contributed by atoms with Crippen LogP contribution in [-0.2, 0) is 0 Å². The van der Waals surface area contributed by atoms with Crippen molar-refractivity contribution in [2.24, 2.45) is 0 Å². The first kappa shape index (κ1) is 7.22. The number of hydrogen-bond donors (Lipinski definition) is 0. The van der Waals surface area contributed by atoms with Gasteiger partial charge in [0, 0.05) is 0 Å².